The van der Waals surface area contributed by atoms with Crippen LogP contribution in [-0.4, -0.2) is 23.9 Å². The Morgan fingerprint density at radius 2 is 1.37 bits per heavy atom. The lowest BCUT2D eigenvalue weighted by atomic mass is 9.76. The highest BCUT2D eigenvalue weighted by Gasteiger charge is 2.39. The van der Waals surface area contributed by atoms with Crippen molar-refractivity contribution in [1.29, 1.82) is 0 Å². The van der Waals surface area contributed by atoms with Crippen molar-refractivity contribution in [3.8, 4) is 0 Å². The molecule has 2 unspecified atom stereocenters. The molecule has 0 aromatic heterocycles. The molecule has 0 N–H and O–H groups in total. The molecule has 0 aliphatic carbocycles. The van der Waals surface area contributed by atoms with E-state index in [-0.39, 0.29) is 31.0 Å². The second kappa shape index (κ2) is 9.57. The third-order valence-electron chi connectivity index (χ3n) is 6.24. The molecule has 0 spiro atoms. The molecule has 1 fully saturated rings. The average Bonchev–Trinajstić information content (AvgIpc) is 2.82. The van der Waals surface area contributed by atoms with Crippen LogP contribution in [0.3, 0.4) is 0 Å². The molecule has 1 aliphatic rings. The summed E-state index contributed by atoms with van der Waals surface area (Å²) in [5.41, 5.74) is -1.80. The molecule has 2 nitrogen and oxygen atoms in total. The van der Waals surface area contributed by atoms with Crippen LogP contribution in [0.2, 0.25) is 5.02 Å². The van der Waals surface area contributed by atoms with Gasteiger partial charge in [-0.05, 0) is 53.8 Å². The number of nitrogens with zero attached hydrogens (tertiary/aromatic N) is 1. The number of rotatable bonds is 3. The number of amides is 1. The van der Waals surface area contributed by atoms with E-state index in [9.17, 15) is 31.1 Å². The fourth-order valence-electron chi connectivity index (χ4n) is 4.57. The van der Waals surface area contributed by atoms with Crippen molar-refractivity contribution in [3.05, 3.63) is 106 Å². The number of likely N-dealkylation sites (tertiary alicyclic amines) is 1. The van der Waals surface area contributed by atoms with E-state index in [0.29, 0.717) is 23.6 Å². The van der Waals surface area contributed by atoms with Crippen molar-refractivity contribution < 1.29 is 31.1 Å². The maximum atomic E-state index is 13.3. The van der Waals surface area contributed by atoms with Crippen LogP contribution in [0, 0.1) is 0 Å². The highest BCUT2D eigenvalue weighted by Crippen LogP contribution is 2.41. The van der Waals surface area contributed by atoms with E-state index < -0.39 is 35.0 Å². The topological polar surface area (TPSA) is 20.3 Å². The minimum Gasteiger partial charge on any atom is -0.338 e. The van der Waals surface area contributed by atoms with Crippen molar-refractivity contribution >= 4 is 17.5 Å². The second-order valence-electron chi connectivity index (χ2n) is 8.51. The lowest BCUT2D eigenvalue weighted by molar-refractivity contribution is -0.143. The van der Waals surface area contributed by atoms with Crippen LogP contribution in [0.25, 0.3) is 0 Å². The quantitative estimate of drug-likeness (QED) is 0.329. The maximum absolute atomic E-state index is 13.3. The summed E-state index contributed by atoms with van der Waals surface area (Å²) in [6.07, 6.45) is -9.57. The van der Waals surface area contributed by atoms with Crippen LogP contribution in [0.5, 0.6) is 0 Å². The van der Waals surface area contributed by atoms with Gasteiger partial charge in [-0.25, -0.2) is 0 Å². The van der Waals surface area contributed by atoms with Gasteiger partial charge < -0.3 is 4.90 Å². The Labute approximate surface area is 203 Å². The summed E-state index contributed by atoms with van der Waals surface area (Å²) in [6, 6.07) is 17.7. The number of hydrogen-bond donors (Lipinski definition) is 0. The number of alkyl halides is 6. The van der Waals surface area contributed by atoms with Gasteiger partial charge in [0.25, 0.3) is 5.91 Å². The third kappa shape index (κ3) is 5.64. The number of halogens is 7. The molecule has 1 saturated heterocycles. The van der Waals surface area contributed by atoms with Gasteiger partial charge in [-0.15, -0.1) is 0 Å². The van der Waals surface area contributed by atoms with E-state index in [0.717, 1.165) is 11.1 Å². The fourth-order valence-corrected chi connectivity index (χ4v) is 4.77. The molecule has 9 heteroatoms. The highest BCUT2D eigenvalue weighted by atomic mass is 35.5. The van der Waals surface area contributed by atoms with Crippen LogP contribution in [0.4, 0.5) is 26.3 Å². The largest absolute Gasteiger partial charge is 0.416 e. The van der Waals surface area contributed by atoms with E-state index in [1.165, 1.54) is 4.90 Å². The molecule has 35 heavy (non-hydrogen) atoms. The van der Waals surface area contributed by atoms with Crippen LogP contribution in [-0.2, 0) is 12.4 Å². The molecule has 0 bridgehead atoms. The molecule has 2 atom stereocenters. The molecule has 1 aliphatic heterocycles. The molecule has 0 saturated carbocycles. The predicted molar refractivity (Wildman–Crippen MR) is 120 cm³/mol. The molecule has 3 aromatic carbocycles. The molecule has 184 valence electrons. The van der Waals surface area contributed by atoms with Gasteiger partial charge in [0.05, 0.1) is 11.1 Å². The average molecular weight is 512 g/mol. The third-order valence-corrected chi connectivity index (χ3v) is 6.47. The van der Waals surface area contributed by atoms with Crippen LogP contribution in [0.1, 0.15) is 50.9 Å². The number of hydrogen-bond acceptors (Lipinski definition) is 1. The van der Waals surface area contributed by atoms with Gasteiger partial charge >= 0.3 is 12.4 Å². The summed E-state index contributed by atoms with van der Waals surface area (Å²) in [4.78, 5) is 14.5. The molecular weight excluding hydrogens is 492 g/mol. The Morgan fingerprint density at radius 3 is 1.94 bits per heavy atom. The van der Waals surface area contributed by atoms with Gasteiger partial charge in [-0.1, -0.05) is 54.1 Å². The van der Waals surface area contributed by atoms with Crippen molar-refractivity contribution in [2.45, 2.75) is 30.6 Å². The number of piperidine rings is 1. The van der Waals surface area contributed by atoms with Crippen LogP contribution in [0.15, 0.2) is 72.8 Å². The Balaban J connectivity index is 1.70. The zero-order valence-corrected chi connectivity index (χ0v) is 19.0. The molecule has 0 radical (unpaired) electrons. The Kier molecular flexibility index (Phi) is 6.86. The summed E-state index contributed by atoms with van der Waals surface area (Å²) in [5, 5.41) is 0.491. The van der Waals surface area contributed by atoms with Gasteiger partial charge in [-0.2, -0.15) is 26.3 Å². The van der Waals surface area contributed by atoms with E-state index in [1.807, 2.05) is 36.4 Å². The van der Waals surface area contributed by atoms with Gasteiger partial charge in [0.15, 0.2) is 0 Å². The number of carbonyl (C=O) groups excluding carboxylic acids is 1. The maximum Gasteiger partial charge on any atom is 0.416 e. The van der Waals surface area contributed by atoms with Gasteiger partial charge in [-0.3, -0.25) is 4.79 Å². The van der Waals surface area contributed by atoms with E-state index in [2.05, 4.69) is 0 Å². The molecule has 3 aromatic rings. The molecule has 1 amide bonds. The highest BCUT2D eigenvalue weighted by molar-refractivity contribution is 6.30. The van der Waals surface area contributed by atoms with Crippen molar-refractivity contribution in [1.82, 2.24) is 4.90 Å². The molecular formula is C26H20ClF6NO. The van der Waals surface area contributed by atoms with Crippen LogP contribution < -0.4 is 0 Å². The SMILES string of the molecule is O=C(c1cc(C(F)(F)F)cc(C(F)(F)F)c1)N1CCC(c2ccccc2)C(c2cccc(Cl)c2)C1. The Morgan fingerprint density at radius 1 is 0.771 bits per heavy atom. The van der Waals surface area contributed by atoms with Crippen molar-refractivity contribution in [2.75, 3.05) is 13.1 Å². The van der Waals surface area contributed by atoms with E-state index in [4.69, 9.17) is 11.6 Å². The Bertz CT molecular complexity index is 1180. The first-order valence-corrected chi connectivity index (χ1v) is 11.2. The normalized spacial score (nSPS) is 19.0. The summed E-state index contributed by atoms with van der Waals surface area (Å²) < 4.78 is 79.8. The van der Waals surface area contributed by atoms with Gasteiger partial charge in [0.1, 0.15) is 0 Å². The summed E-state index contributed by atoms with van der Waals surface area (Å²) in [6.45, 7) is 0.309. The summed E-state index contributed by atoms with van der Waals surface area (Å²) in [5.74, 6) is -1.13. The summed E-state index contributed by atoms with van der Waals surface area (Å²) >= 11 is 6.18. The Hall–Kier alpha value is -3.00. The molecule has 4 rings (SSSR count). The minimum atomic E-state index is -5.03. The number of benzene rings is 3. The standard InChI is InChI=1S/C26H20ClF6NO/c27-21-8-4-7-17(13-21)23-15-34(10-9-22(23)16-5-2-1-3-6-16)24(35)18-11-19(25(28,29)30)14-20(12-18)26(31,32)33/h1-8,11-14,22-23H,9-10,15H2. The van der Waals surface area contributed by atoms with Crippen molar-refractivity contribution in [3.63, 3.8) is 0 Å². The first-order chi connectivity index (χ1) is 16.4. The predicted octanol–water partition coefficient (Wildman–Crippen LogP) is 7.79. The van der Waals surface area contributed by atoms with E-state index >= 15 is 0 Å². The first kappa shape index (κ1) is 25.1. The molecule has 1 heterocycles. The fraction of sp³-hybridized carbons (Fsp3) is 0.269. The van der Waals surface area contributed by atoms with Gasteiger partial charge in [0.2, 0.25) is 0 Å². The first-order valence-electron chi connectivity index (χ1n) is 10.8. The zero-order chi connectivity index (χ0) is 25.4. The number of carbonyl (C=O) groups is 1. The lowest BCUT2D eigenvalue weighted by Gasteiger charge is -2.39. The summed E-state index contributed by atoms with van der Waals surface area (Å²) in [7, 11) is 0. The zero-order valence-electron chi connectivity index (χ0n) is 18.2. The second-order valence-corrected chi connectivity index (χ2v) is 8.95. The van der Waals surface area contributed by atoms with E-state index in [1.54, 1.807) is 18.2 Å². The lowest BCUT2D eigenvalue weighted by Crippen LogP contribution is -2.42. The van der Waals surface area contributed by atoms with Crippen molar-refractivity contribution in [2.24, 2.45) is 0 Å². The smallest absolute Gasteiger partial charge is 0.338 e. The monoisotopic (exact) mass is 511 g/mol. The van der Waals surface area contributed by atoms with Gasteiger partial charge in [0, 0.05) is 29.6 Å². The van der Waals surface area contributed by atoms with Crippen LogP contribution >= 0.6 is 11.6 Å². The minimum absolute atomic E-state index is 0.00837.